The van der Waals surface area contributed by atoms with Crippen molar-refractivity contribution in [3.63, 3.8) is 0 Å². The summed E-state index contributed by atoms with van der Waals surface area (Å²) < 4.78 is 37.2. The molecule has 0 saturated carbocycles. The predicted molar refractivity (Wildman–Crippen MR) is 73.1 cm³/mol. The van der Waals surface area contributed by atoms with Crippen LogP contribution in [0.2, 0.25) is 0 Å². The normalized spacial score (nSPS) is 11.3. The van der Waals surface area contributed by atoms with E-state index in [1.807, 2.05) is 19.9 Å². The number of hydrogen-bond donors (Lipinski definition) is 1. The number of aromatic nitrogens is 1. The Hall–Kier alpha value is -2.37. The lowest BCUT2D eigenvalue weighted by Gasteiger charge is -2.09. The van der Waals surface area contributed by atoms with E-state index in [2.05, 4.69) is 10.3 Å². The first-order valence-corrected chi connectivity index (χ1v) is 6.19. The van der Waals surface area contributed by atoms with Crippen LogP contribution in [0.3, 0.4) is 0 Å². The van der Waals surface area contributed by atoms with E-state index < -0.39 is 17.6 Å². The number of carbonyl (C=O) groups is 1. The Balaban J connectivity index is 2.14. The van der Waals surface area contributed by atoms with Crippen LogP contribution in [0.4, 0.5) is 19.0 Å². The second kappa shape index (κ2) is 5.55. The lowest BCUT2D eigenvalue weighted by molar-refractivity contribution is -0.137. The van der Waals surface area contributed by atoms with Crippen LogP contribution < -0.4 is 5.32 Å². The summed E-state index contributed by atoms with van der Waals surface area (Å²) in [5, 5.41) is 2.47. The molecule has 0 aliphatic rings. The minimum absolute atomic E-state index is 0.0752. The number of carbonyl (C=O) groups excluding carboxylic acids is 1. The van der Waals surface area contributed by atoms with E-state index in [1.54, 1.807) is 12.1 Å². The van der Waals surface area contributed by atoms with E-state index in [1.165, 1.54) is 0 Å². The van der Waals surface area contributed by atoms with Crippen molar-refractivity contribution in [1.29, 1.82) is 0 Å². The van der Waals surface area contributed by atoms with Gasteiger partial charge >= 0.3 is 6.18 Å². The van der Waals surface area contributed by atoms with Crippen molar-refractivity contribution in [1.82, 2.24) is 4.98 Å². The monoisotopic (exact) mass is 294 g/mol. The fourth-order valence-corrected chi connectivity index (χ4v) is 1.71. The molecule has 21 heavy (non-hydrogen) atoms. The molecule has 0 unspecified atom stereocenters. The molecule has 110 valence electrons. The minimum atomic E-state index is -4.44. The summed E-state index contributed by atoms with van der Waals surface area (Å²) in [4.78, 5) is 15.6. The Bertz CT molecular complexity index is 664. The predicted octanol–water partition coefficient (Wildman–Crippen LogP) is 3.97. The standard InChI is InChI=1S/C15H13F3N2O/c1-9-3-4-11(7-10(9)2)14(21)20-13-6-5-12(8-19-13)15(16,17)18/h3-8H,1-2H3,(H,19,20,21). The van der Waals surface area contributed by atoms with Gasteiger partial charge in [-0.05, 0) is 49.2 Å². The van der Waals surface area contributed by atoms with E-state index >= 15 is 0 Å². The number of pyridine rings is 1. The number of amides is 1. The zero-order chi connectivity index (χ0) is 15.6. The highest BCUT2D eigenvalue weighted by Crippen LogP contribution is 2.28. The smallest absolute Gasteiger partial charge is 0.307 e. The van der Waals surface area contributed by atoms with E-state index in [-0.39, 0.29) is 5.82 Å². The Kier molecular flexibility index (Phi) is 3.97. The van der Waals surface area contributed by atoms with E-state index in [0.717, 1.165) is 23.3 Å². The summed E-state index contributed by atoms with van der Waals surface area (Å²) >= 11 is 0. The molecule has 0 atom stereocenters. The third-order valence-electron chi connectivity index (χ3n) is 3.10. The van der Waals surface area contributed by atoms with E-state index in [0.29, 0.717) is 11.8 Å². The molecule has 0 aliphatic heterocycles. The summed E-state index contributed by atoms with van der Waals surface area (Å²) in [6.07, 6.45) is -3.75. The average molecular weight is 294 g/mol. The topological polar surface area (TPSA) is 42.0 Å². The highest BCUT2D eigenvalue weighted by atomic mass is 19.4. The fourth-order valence-electron chi connectivity index (χ4n) is 1.71. The summed E-state index contributed by atoms with van der Waals surface area (Å²) in [7, 11) is 0. The van der Waals surface area contributed by atoms with Gasteiger partial charge in [-0.1, -0.05) is 6.07 Å². The zero-order valence-electron chi connectivity index (χ0n) is 11.5. The zero-order valence-corrected chi connectivity index (χ0v) is 11.5. The number of aryl methyl sites for hydroxylation is 2. The molecule has 0 saturated heterocycles. The van der Waals surface area contributed by atoms with Crippen molar-refractivity contribution < 1.29 is 18.0 Å². The molecule has 1 amide bonds. The van der Waals surface area contributed by atoms with Crippen molar-refractivity contribution in [3.8, 4) is 0 Å². The van der Waals surface area contributed by atoms with Crippen molar-refractivity contribution >= 4 is 11.7 Å². The van der Waals surface area contributed by atoms with Gasteiger partial charge in [0, 0.05) is 11.8 Å². The van der Waals surface area contributed by atoms with Crippen LogP contribution in [0.1, 0.15) is 27.0 Å². The molecule has 1 aromatic heterocycles. The molecule has 0 fully saturated rings. The van der Waals surface area contributed by atoms with Gasteiger partial charge in [0.1, 0.15) is 5.82 Å². The Morgan fingerprint density at radius 2 is 1.81 bits per heavy atom. The molecule has 1 heterocycles. The maximum atomic E-state index is 12.4. The first kappa shape index (κ1) is 15.0. The number of hydrogen-bond acceptors (Lipinski definition) is 2. The molecule has 2 aromatic rings. The molecular formula is C15H13F3N2O. The number of benzene rings is 1. The molecular weight excluding hydrogens is 281 g/mol. The van der Waals surface area contributed by atoms with Gasteiger partial charge in [-0.2, -0.15) is 13.2 Å². The minimum Gasteiger partial charge on any atom is -0.307 e. The van der Waals surface area contributed by atoms with Gasteiger partial charge in [0.15, 0.2) is 0 Å². The van der Waals surface area contributed by atoms with Crippen LogP contribution >= 0.6 is 0 Å². The van der Waals surface area contributed by atoms with Gasteiger partial charge in [-0.25, -0.2) is 4.98 Å². The Labute approximate surface area is 119 Å². The third kappa shape index (κ3) is 3.59. The van der Waals surface area contributed by atoms with E-state index in [4.69, 9.17) is 0 Å². The summed E-state index contributed by atoms with van der Waals surface area (Å²) in [6, 6.07) is 7.19. The number of rotatable bonds is 2. The van der Waals surface area contributed by atoms with Gasteiger partial charge in [0.05, 0.1) is 5.56 Å². The highest BCUT2D eigenvalue weighted by molar-refractivity contribution is 6.03. The number of halogens is 3. The molecule has 0 radical (unpaired) electrons. The maximum Gasteiger partial charge on any atom is 0.417 e. The fraction of sp³-hybridized carbons (Fsp3) is 0.200. The van der Waals surface area contributed by atoms with Crippen LogP contribution in [0.15, 0.2) is 36.5 Å². The van der Waals surface area contributed by atoms with Crippen molar-refractivity contribution in [2.45, 2.75) is 20.0 Å². The van der Waals surface area contributed by atoms with Gasteiger partial charge < -0.3 is 5.32 Å². The molecule has 3 nitrogen and oxygen atoms in total. The maximum absolute atomic E-state index is 12.4. The van der Waals surface area contributed by atoms with Crippen molar-refractivity contribution in [2.24, 2.45) is 0 Å². The van der Waals surface area contributed by atoms with Crippen LogP contribution in [0.5, 0.6) is 0 Å². The van der Waals surface area contributed by atoms with E-state index in [9.17, 15) is 18.0 Å². The van der Waals surface area contributed by atoms with Gasteiger partial charge in [0.2, 0.25) is 0 Å². The lowest BCUT2D eigenvalue weighted by atomic mass is 10.1. The van der Waals surface area contributed by atoms with Crippen LogP contribution in [0.25, 0.3) is 0 Å². The van der Waals surface area contributed by atoms with Gasteiger partial charge in [-0.3, -0.25) is 4.79 Å². The molecule has 0 spiro atoms. The van der Waals surface area contributed by atoms with Crippen molar-refractivity contribution in [2.75, 3.05) is 5.32 Å². The number of nitrogens with zero attached hydrogens (tertiary/aromatic N) is 1. The number of nitrogens with one attached hydrogen (secondary N) is 1. The molecule has 0 bridgehead atoms. The lowest BCUT2D eigenvalue weighted by Crippen LogP contribution is -2.14. The number of alkyl halides is 3. The van der Waals surface area contributed by atoms with Crippen molar-refractivity contribution in [3.05, 3.63) is 58.8 Å². The van der Waals surface area contributed by atoms with Crippen LogP contribution in [0, 0.1) is 13.8 Å². The number of anilines is 1. The summed E-state index contributed by atoms with van der Waals surface area (Å²) in [6.45, 7) is 3.80. The second-order valence-electron chi connectivity index (χ2n) is 4.68. The van der Waals surface area contributed by atoms with Crippen LogP contribution in [-0.2, 0) is 6.18 Å². The first-order chi connectivity index (χ1) is 9.77. The molecule has 2 rings (SSSR count). The first-order valence-electron chi connectivity index (χ1n) is 6.19. The van der Waals surface area contributed by atoms with Crippen LogP contribution in [-0.4, -0.2) is 10.9 Å². The SMILES string of the molecule is Cc1ccc(C(=O)Nc2ccc(C(F)(F)F)cn2)cc1C. The summed E-state index contributed by atoms with van der Waals surface area (Å²) in [5.74, 6) is -0.336. The third-order valence-corrected chi connectivity index (χ3v) is 3.10. The molecule has 1 N–H and O–H groups in total. The highest BCUT2D eigenvalue weighted by Gasteiger charge is 2.30. The molecule has 0 aliphatic carbocycles. The Morgan fingerprint density at radius 1 is 1.10 bits per heavy atom. The molecule has 1 aromatic carbocycles. The Morgan fingerprint density at radius 3 is 2.33 bits per heavy atom. The molecule has 6 heteroatoms. The average Bonchev–Trinajstić information content (AvgIpc) is 2.41. The summed E-state index contributed by atoms with van der Waals surface area (Å²) in [5.41, 5.74) is 1.59. The van der Waals surface area contributed by atoms with Gasteiger partial charge in [-0.15, -0.1) is 0 Å². The quantitative estimate of drug-likeness (QED) is 0.910. The largest absolute Gasteiger partial charge is 0.417 e. The van der Waals surface area contributed by atoms with Gasteiger partial charge in [0.25, 0.3) is 5.91 Å². The second-order valence-corrected chi connectivity index (χ2v) is 4.68.